The Hall–Kier alpha value is -4.15. The number of amides is 1. The van der Waals surface area contributed by atoms with Gasteiger partial charge < -0.3 is 29.7 Å². The molecule has 48 heavy (non-hydrogen) atoms. The van der Waals surface area contributed by atoms with Crippen LogP contribution < -0.4 is 10.1 Å². The molecule has 0 bridgehead atoms. The molecule has 9 heteroatoms. The second-order valence-electron chi connectivity index (χ2n) is 11.8. The number of ether oxygens (including phenoxy) is 3. The average molecular weight is 670 g/mol. The molecule has 252 valence electrons. The molecule has 0 spiro atoms. The third kappa shape index (κ3) is 9.93. The van der Waals surface area contributed by atoms with Gasteiger partial charge in [0.2, 0.25) is 5.91 Å². The summed E-state index contributed by atoms with van der Waals surface area (Å²) in [5, 5.41) is 21.3. The first-order chi connectivity index (χ1) is 23.4. The van der Waals surface area contributed by atoms with E-state index in [9.17, 15) is 14.7 Å². The molecule has 3 atom stereocenters. The van der Waals surface area contributed by atoms with Gasteiger partial charge in [0.05, 0.1) is 25.9 Å². The first-order valence-electron chi connectivity index (χ1n) is 16.4. The van der Waals surface area contributed by atoms with Crippen molar-refractivity contribution in [1.82, 2.24) is 5.32 Å². The van der Waals surface area contributed by atoms with Crippen LogP contribution >= 0.6 is 11.8 Å². The highest BCUT2D eigenvalue weighted by molar-refractivity contribution is 7.99. The van der Waals surface area contributed by atoms with Crippen molar-refractivity contribution in [3.8, 4) is 16.9 Å². The number of carbonyl (C=O) groups excluding carboxylic acids is 1. The molecule has 1 aliphatic rings. The lowest BCUT2D eigenvalue weighted by atomic mass is 9.97. The average Bonchev–Trinajstić information content (AvgIpc) is 3.13. The number of carboxylic acid groups (broad SMARTS) is 1. The third-order valence-corrected chi connectivity index (χ3v) is 9.58. The Morgan fingerprint density at radius 1 is 0.854 bits per heavy atom. The summed E-state index contributed by atoms with van der Waals surface area (Å²) in [7, 11) is 1.68. The van der Waals surface area contributed by atoms with Gasteiger partial charge in [0.15, 0.2) is 6.29 Å². The Balaban J connectivity index is 1.26. The summed E-state index contributed by atoms with van der Waals surface area (Å²) in [6.45, 7) is 0.400. The van der Waals surface area contributed by atoms with Crippen LogP contribution in [0.4, 0.5) is 0 Å². The maximum atomic E-state index is 12.5. The number of aliphatic hydroxyl groups excluding tert-OH is 1. The third-order valence-electron chi connectivity index (χ3n) is 8.39. The normalized spacial score (nSPS) is 17.5. The minimum atomic E-state index is -0.805. The fraction of sp³-hybridized carbons (Fsp3) is 0.333. The van der Waals surface area contributed by atoms with Crippen LogP contribution in [-0.4, -0.2) is 41.1 Å². The molecular formula is C39H43NO7S. The monoisotopic (exact) mass is 669 g/mol. The van der Waals surface area contributed by atoms with E-state index in [2.05, 4.69) is 23.5 Å². The minimum absolute atomic E-state index is 0.00621. The maximum absolute atomic E-state index is 12.5. The van der Waals surface area contributed by atoms with E-state index in [1.165, 1.54) is 0 Å². The van der Waals surface area contributed by atoms with Gasteiger partial charge in [-0.3, -0.25) is 9.59 Å². The van der Waals surface area contributed by atoms with Crippen molar-refractivity contribution in [2.45, 2.75) is 75.1 Å². The molecule has 3 unspecified atom stereocenters. The lowest BCUT2D eigenvalue weighted by Crippen LogP contribution is -2.31. The summed E-state index contributed by atoms with van der Waals surface area (Å²) in [5.74, 6) is 0.720. The second kappa shape index (κ2) is 17.8. The largest absolute Gasteiger partial charge is 0.496 e. The van der Waals surface area contributed by atoms with E-state index in [1.807, 2.05) is 78.9 Å². The number of carbonyl (C=O) groups is 2. The van der Waals surface area contributed by atoms with Gasteiger partial charge >= 0.3 is 5.97 Å². The van der Waals surface area contributed by atoms with E-state index in [4.69, 9.17) is 19.3 Å². The van der Waals surface area contributed by atoms with Gasteiger partial charge in [0, 0.05) is 42.0 Å². The number of aliphatic carboxylic acids is 1. The number of hydrogen-bond donors (Lipinski definition) is 3. The van der Waals surface area contributed by atoms with Crippen molar-refractivity contribution in [3.05, 3.63) is 119 Å². The standard InChI is InChI=1S/C39H43NO7S/c1-45-34-11-7-8-12-36(34)48-26-32-23-35(29-17-15-27(25-41)16-18-29)47-39(46-32)30-21-19-28(20-22-30)33-10-6-5-9-31(33)24-40-37(42)13-3-2-4-14-38(43)44/h5-12,15-22,32,35,39,41H,2-4,13-14,23-26H2,1H3,(H,40,42)(H,43,44). The van der Waals surface area contributed by atoms with Crippen molar-refractivity contribution in [1.29, 1.82) is 0 Å². The molecule has 0 radical (unpaired) electrons. The van der Waals surface area contributed by atoms with E-state index >= 15 is 0 Å². The number of rotatable bonds is 16. The number of benzene rings is 4. The van der Waals surface area contributed by atoms with Gasteiger partial charge in [-0.25, -0.2) is 0 Å². The first-order valence-corrected chi connectivity index (χ1v) is 17.3. The molecule has 0 saturated carbocycles. The lowest BCUT2D eigenvalue weighted by Gasteiger charge is -2.36. The SMILES string of the molecule is COc1ccccc1SCC1CC(c2ccc(CO)cc2)OC(c2ccc(-c3ccccc3CNC(=O)CCCCCC(=O)O)cc2)O1. The van der Waals surface area contributed by atoms with Crippen LogP contribution in [0.1, 0.15) is 73.2 Å². The zero-order valence-electron chi connectivity index (χ0n) is 27.2. The molecule has 4 aromatic rings. The number of carboxylic acids is 1. The van der Waals surface area contributed by atoms with E-state index in [-0.39, 0.29) is 31.1 Å². The van der Waals surface area contributed by atoms with Crippen molar-refractivity contribution in [2.24, 2.45) is 0 Å². The van der Waals surface area contributed by atoms with Crippen LogP contribution in [0, 0.1) is 0 Å². The maximum Gasteiger partial charge on any atom is 0.303 e. The predicted molar refractivity (Wildman–Crippen MR) is 187 cm³/mol. The Labute approximate surface area is 286 Å². The van der Waals surface area contributed by atoms with Crippen LogP contribution in [-0.2, 0) is 32.2 Å². The van der Waals surface area contributed by atoms with Crippen LogP contribution in [0.2, 0.25) is 0 Å². The van der Waals surface area contributed by atoms with Crippen molar-refractivity contribution in [2.75, 3.05) is 12.9 Å². The number of hydrogen-bond acceptors (Lipinski definition) is 7. The first kappa shape index (κ1) is 35.2. The van der Waals surface area contributed by atoms with Crippen molar-refractivity contribution < 1.29 is 34.0 Å². The molecule has 5 rings (SSSR count). The molecule has 1 fully saturated rings. The highest BCUT2D eigenvalue weighted by Gasteiger charge is 2.32. The molecule has 1 aliphatic heterocycles. The van der Waals surface area contributed by atoms with Crippen LogP contribution in [0.3, 0.4) is 0 Å². The zero-order chi connectivity index (χ0) is 33.7. The van der Waals surface area contributed by atoms with Gasteiger partial charge in [0.25, 0.3) is 0 Å². The highest BCUT2D eigenvalue weighted by Crippen LogP contribution is 2.41. The number of thioether (sulfide) groups is 1. The van der Waals surface area contributed by atoms with Crippen LogP contribution in [0.5, 0.6) is 5.75 Å². The van der Waals surface area contributed by atoms with Gasteiger partial charge in [0.1, 0.15) is 5.75 Å². The molecular weight excluding hydrogens is 626 g/mol. The van der Waals surface area contributed by atoms with Crippen LogP contribution in [0.25, 0.3) is 11.1 Å². The van der Waals surface area contributed by atoms with E-state index in [0.29, 0.717) is 32.2 Å². The lowest BCUT2D eigenvalue weighted by molar-refractivity contribution is -0.245. The van der Waals surface area contributed by atoms with E-state index in [1.54, 1.807) is 18.9 Å². The summed E-state index contributed by atoms with van der Waals surface area (Å²) < 4.78 is 18.7. The minimum Gasteiger partial charge on any atom is -0.496 e. The number of methoxy groups -OCH3 is 1. The summed E-state index contributed by atoms with van der Waals surface area (Å²) in [6, 6.07) is 32.1. The van der Waals surface area contributed by atoms with Gasteiger partial charge in [-0.2, -0.15) is 0 Å². The van der Waals surface area contributed by atoms with Crippen LogP contribution in [0.15, 0.2) is 102 Å². The fourth-order valence-corrected chi connectivity index (χ4v) is 6.79. The fourth-order valence-electron chi connectivity index (χ4n) is 5.74. The molecule has 0 aromatic heterocycles. The number of para-hydroxylation sites is 1. The Morgan fingerprint density at radius 3 is 2.31 bits per heavy atom. The molecule has 8 nitrogen and oxygen atoms in total. The molecule has 4 aromatic carbocycles. The van der Waals surface area contributed by atoms with Gasteiger partial charge in [-0.15, -0.1) is 11.8 Å². The topological polar surface area (TPSA) is 114 Å². The summed E-state index contributed by atoms with van der Waals surface area (Å²) >= 11 is 1.70. The van der Waals surface area contributed by atoms with Crippen molar-refractivity contribution >= 4 is 23.6 Å². The number of nitrogens with one attached hydrogen (secondary N) is 1. The highest BCUT2D eigenvalue weighted by atomic mass is 32.2. The molecule has 1 amide bonds. The Bertz CT molecular complexity index is 1630. The summed E-state index contributed by atoms with van der Waals surface area (Å²) in [6.07, 6.45) is 2.35. The smallest absolute Gasteiger partial charge is 0.303 e. The molecule has 3 N–H and O–H groups in total. The number of aliphatic hydroxyl groups is 1. The quantitative estimate of drug-likeness (QED) is 0.0817. The van der Waals surface area contributed by atoms with Gasteiger partial charge in [-0.1, -0.05) is 91.3 Å². The van der Waals surface area contributed by atoms with E-state index < -0.39 is 12.3 Å². The second-order valence-corrected chi connectivity index (χ2v) is 12.9. The molecule has 1 heterocycles. The molecule has 0 aliphatic carbocycles. The zero-order valence-corrected chi connectivity index (χ0v) is 28.0. The number of unbranched alkanes of at least 4 members (excludes halogenated alkanes) is 2. The van der Waals surface area contributed by atoms with E-state index in [0.717, 1.165) is 56.2 Å². The van der Waals surface area contributed by atoms with Gasteiger partial charge in [-0.05, 0) is 52.8 Å². The Morgan fingerprint density at radius 2 is 1.56 bits per heavy atom. The predicted octanol–water partition coefficient (Wildman–Crippen LogP) is 7.84. The Kier molecular flexibility index (Phi) is 13.1. The summed E-state index contributed by atoms with van der Waals surface area (Å²) in [5.41, 5.74) is 5.87. The molecule has 1 saturated heterocycles. The van der Waals surface area contributed by atoms with Crippen molar-refractivity contribution in [3.63, 3.8) is 0 Å². The summed E-state index contributed by atoms with van der Waals surface area (Å²) in [4.78, 5) is 24.2.